The van der Waals surface area contributed by atoms with Crippen LogP contribution in [0.5, 0.6) is 0 Å². The summed E-state index contributed by atoms with van der Waals surface area (Å²) in [5, 5.41) is 0. The van der Waals surface area contributed by atoms with Crippen molar-refractivity contribution in [1.82, 2.24) is 0 Å². The molecule has 0 aromatic heterocycles. The van der Waals surface area contributed by atoms with Crippen LogP contribution in [0.4, 0.5) is 0 Å². The fraction of sp³-hybridized carbons (Fsp3) is 0.385. The minimum absolute atomic E-state index is 0.204. The lowest BCUT2D eigenvalue weighted by atomic mass is 9.83. The summed E-state index contributed by atoms with van der Waals surface area (Å²) >= 11 is 0. The molecule has 2 N–H and O–H groups in total. The summed E-state index contributed by atoms with van der Waals surface area (Å²) in [6, 6.07) is 8.22. The number of nitrogens with two attached hydrogens (primary N) is 1. The molecule has 0 fully saturated rings. The van der Waals surface area contributed by atoms with Gasteiger partial charge in [-0.3, -0.25) is 0 Å². The van der Waals surface area contributed by atoms with Gasteiger partial charge in [-0.2, -0.15) is 0 Å². The van der Waals surface area contributed by atoms with Crippen LogP contribution in [0.3, 0.4) is 0 Å². The van der Waals surface area contributed by atoms with Crippen LogP contribution in [0.2, 0.25) is 0 Å². The summed E-state index contributed by atoms with van der Waals surface area (Å²) in [7, 11) is 0. The quantitative estimate of drug-likeness (QED) is 0.772. The van der Waals surface area contributed by atoms with E-state index >= 15 is 0 Å². The van der Waals surface area contributed by atoms with Gasteiger partial charge in [0.2, 0.25) is 0 Å². The molecular formula is C13H19N. The Bertz CT molecular complexity index is 311. The lowest BCUT2D eigenvalue weighted by molar-refractivity contribution is 0.412. The van der Waals surface area contributed by atoms with E-state index in [0.717, 1.165) is 18.4 Å². The van der Waals surface area contributed by atoms with Crippen molar-refractivity contribution < 1.29 is 0 Å². The van der Waals surface area contributed by atoms with Crippen LogP contribution in [0.25, 0.3) is 6.08 Å². The molecule has 0 heterocycles. The third kappa shape index (κ3) is 1.88. The Balaban J connectivity index is 3.22. The van der Waals surface area contributed by atoms with E-state index in [2.05, 4.69) is 32.6 Å². The predicted octanol–water partition coefficient (Wildman–Crippen LogP) is 3.30. The first-order valence-corrected chi connectivity index (χ1v) is 5.18. The second-order valence-corrected chi connectivity index (χ2v) is 3.65. The largest absolute Gasteiger partial charge is 0.321 e. The van der Waals surface area contributed by atoms with Crippen LogP contribution in [0.15, 0.2) is 30.8 Å². The average Bonchev–Trinajstić information content (AvgIpc) is 2.28. The van der Waals surface area contributed by atoms with E-state index in [1.807, 2.05) is 18.2 Å². The van der Waals surface area contributed by atoms with Gasteiger partial charge >= 0.3 is 0 Å². The molecule has 0 amide bonds. The maximum absolute atomic E-state index is 6.35. The molecule has 14 heavy (non-hydrogen) atoms. The Labute approximate surface area is 86.6 Å². The Hall–Kier alpha value is -1.08. The lowest BCUT2D eigenvalue weighted by Crippen LogP contribution is -2.35. The van der Waals surface area contributed by atoms with E-state index in [0.29, 0.717) is 0 Å². The summed E-state index contributed by atoms with van der Waals surface area (Å²) in [4.78, 5) is 0. The standard InChI is InChI=1S/C13H19N/c1-4-11-9-7-8-10-12(11)13(14,5-2)6-3/h4,7-10H,1,5-6,14H2,2-3H3. The van der Waals surface area contributed by atoms with Gasteiger partial charge in [-0.25, -0.2) is 0 Å². The summed E-state index contributed by atoms with van der Waals surface area (Å²) < 4.78 is 0. The van der Waals surface area contributed by atoms with Gasteiger partial charge in [-0.05, 0) is 24.0 Å². The van der Waals surface area contributed by atoms with Gasteiger partial charge in [-0.15, -0.1) is 0 Å². The minimum Gasteiger partial charge on any atom is -0.321 e. The van der Waals surface area contributed by atoms with Gasteiger partial charge in [0.25, 0.3) is 0 Å². The average molecular weight is 189 g/mol. The van der Waals surface area contributed by atoms with Crippen LogP contribution in [0, 0.1) is 0 Å². The highest BCUT2D eigenvalue weighted by molar-refractivity contribution is 5.54. The first-order chi connectivity index (χ1) is 6.68. The van der Waals surface area contributed by atoms with Crippen molar-refractivity contribution in [3.8, 4) is 0 Å². The predicted molar refractivity (Wildman–Crippen MR) is 63.0 cm³/mol. The topological polar surface area (TPSA) is 26.0 Å². The van der Waals surface area contributed by atoms with Gasteiger partial charge in [0.15, 0.2) is 0 Å². The molecule has 0 aliphatic rings. The molecule has 0 aliphatic heterocycles. The summed E-state index contributed by atoms with van der Waals surface area (Å²) in [5.74, 6) is 0. The molecule has 1 aromatic carbocycles. The van der Waals surface area contributed by atoms with E-state index in [9.17, 15) is 0 Å². The Morgan fingerprint density at radius 1 is 1.29 bits per heavy atom. The zero-order valence-corrected chi connectivity index (χ0v) is 9.09. The van der Waals surface area contributed by atoms with Crippen LogP contribution < -0.4 is 5.73 Å². The van der Waals surface area contributed by atoms with Crippen molar-refractivity contribution in [2.24, 2.45) is 5.73 Å². The number of hydrogen-bond acceptors (Lipinski definition) is 1. The van der Waals surface area contributed by atoms with Crippen LogP contribution in [-0.2, 0) is 5.54 Å². The van der Waals surface area contributed by atoms with Crippen LogP contribution >= 0.6 is 0 Å². The van der Waals surface area contributed by atoms with Crippen molar-refractivity contribution in [1.29, 1.82) is 0 Å². The highest BCUT2D eigenvalue weighted by atomic mass is 14.7. The van der Waals surface area contributed by atoms with E-state index in [4.69, 9.17) is 5.73 Å². The SMILES string of the molecule is C=Cc1ccccc1C(N)(CC)CC. The molecule has 0 unspecified atom stereocenters. The van der Waals surface area contributed by atoms with Crippen LogP contribution in [0.1, 0.15) is 37.8 Å². The van der Waals surface area contributed by atoms with Gasteiger partial charge in [0, 0.05) is 5.54 Å². The normalized spacial score (nSPS) is 11.4. The van der Waals surface area contributed by atoms with E-state index in [-0.39, 0.29) is 5.54 Å². The molecule has 0 bridgehead atoms. The molecule has 0 atom stereocenters. The second-order valence-electron chi connectivity index (χ2n) is 3.65. The molecule has 0 saturated heterocycles. The van der Waals surface area contributed by atoms with E-state index in [1.54, 1.807) is 0 Å². The van der Waals surface area contributed by atoms with E-state index < -0.39 is 0 Å². The Morgan fingerprint density at radius 3 is 2.36 bits per heavy atom. The highest BCUT2D eigenvalue weighted by Crippen LogP contribution is 2.28. The minimum atomic E-state index is -0.204. The highest BCUT2D eigenvalue weighted by Gasteiger charge is 2.24. The smallest absolute Gasteiger partial charge is 0.0410 e. The number of rotatable bonds is 4. The van der Waals surface area contributed by atoms with Gasteiger partial charge in [0.1, 0.15) is 0 Å². The molecule has 1 rings (SSSR count). The maximum Gasteiger partial charge on any atom is 0.0410 e. The number of hydrogen-bond donors (Lipinski definition) is 1. The molecule has 1 heteroatoms. The third-order valence-corrected chi connectivity index (χ3v) is 2.98. The van der Waals surface area contributed by atoms with Gasteiger partial charge in [-0.1, -0.05) is 50.8 Å². The second kappa shape index (κ2) is 4.43. The summed E-state index contributed by atoms with van der Waals surface area (Å²) in [6.45, 7) is 8.07. The molecule has 0 spiro atoms. The zero-order valence-electron chi connectivity index (χ0n) is 9.09. The third-order valence-electron chi connectivity index (χ3n) is 2.98. The van der Waals surface area contributed by atoms with Gasteiger partial charge in [0.05, 0.1) is 0 Å². The Morgan fingerprint density at radius 2 is 1.86 bits per heavy atom. The fourth-order valence-electron chi connectivity index (χ4n) is 1.76. The monoisotopic (exact) mass is 189 g/mol. The molecule has 0 aliphatic carbocycles. The Kier molecular flexibility index (Phi) is 3.48. The van der Waals surface area contributed by atoms with Crippen molar-refractivity contribution in [3.63, 3.8) is 0 Å². The first-order valence-electron chi connectivity index (χ1n) is 5.18. The zero-order chi connectivity index (χ0) is 10.6. The molecule has 76 valence electrons. The molecule has 1 nitrogen and oxygen atoms in total. The molecular weight excluding hydrogens is 170 g/mol. The molecule has 1 aromatic rings. The lowest BCUT2D eigenvalue weighted by Gasteiger charge is -2.29. The fourth-order valence-corrected chi connectivity index (χ4v) is 1.76. The first kappa shape index (κ1) is 11.0. The van der Waals surface area contributed by atoms with Crippen molar-refractivity contribution in [2.45, 2.75) is 32.2 Å². The molecule has 0 radical (unpaired) electrons. The van der Waals surface area contributed by atoms with E-state index in [1.165, 1.54) is 5.56 Å². The number of benzene rings is 1. The van der Waals surface area contributed by atoms with Crippen molar-refractivity contribution in [3.05, 3.63) is 42.0 Å². The van der Waals surface area contributed by atoms with Gasteiger partial charge < -0.3 is 5.73 Å². The summed E-state index contributed by atoms with van der Waals surface area (Å²) in [6.07, 6.45) is 3.78. The van der Waals surface area contributed by atoms with Crippen molar-refractivity contribution >= 4 is 6.08 Å². The van der Waals surface area contributed by atoms with Crippen LogP contribution in [-0.4, -0.2) is 0 Å². The maximum atomic E-state index is 6.35. The molecule has 0 saturated carbocycles. The summed E-state index contributed by atoms with van der Waals surface area (Å²) in [5.41, 5.74) is 8.50. The van der Waals surface area contributed by atoms with Crippen molar-refractivity contribution in [2.75, 3.05) is 0 Å².